The zero-order valence-corrected chi connectivity index (χ0v) is 14.8. The molecule has 1 aliphatic rings. The Morgan fingerprint density at radius 1 is 1.12 bits per heavy atom. The Bertz CT molecular complexity index is 738. The zero-order chi connectivity index (χ0) is 17.7. The standard InChI is InChI=1S/C15H19N3O4S2/c1-10(19)18-24(21,22)13-8-6-12(7-9-13)16-15(23)17-14(20)11-4-2-3-5-11/h6-9,11H,2-5H2,1H3,(H,18,19)(H2,16,17,20,23). The molecule has 1 aromatic rings. The second kappa shape index (κ2) is 7.71. The Morgan fingerprint density at radius 2 is 1.71 bits per heavy atom. The third-order valence-corrected chi connectivity index (χ3v) is 5.32. The lowest BCUT2D eigenvalue weighted by atomic mass is 10.1. The smallest absolute Gasteiger partial charge is 0.264 e. The number of thiocarbonyl (C=S) groups is 1. The molecule has 0 atom stereocenters. The first kappa shape index (κ1) is 18.3. The van der Waals surface area contributed by atoms with E-state index in [1.807, 2.05) is 4.72 Å². The van der Waals surface area contributed by atoms with E-state index < -0.39 is 15.9 Å². The molecular formula is C15H19N3O4S2. The molecule has 7 nitrogen and oxygen atoms in total. The maximum absolute atomic E-state index is 12.0. The van der Waals surface area contributed by atoms with Crippen molar-refractivity contribution < 1.29 is 18.0 Å². The van der Waals surface area contributed by atoms with Gasteiger partial charge in [0.1, 0.15) is 0 Å². The van der Waals surface area contributed by atoms with Crippen molar-refractivity contribution in [3.05, 3.63) is 24.3 Å². The van der Waals surface area contributed by atoms with Gasteiger partial charge in [-0.05, 0) is 49.3 Å². The van der Waals surface area contributed by atoms with Crippen molar-refractivity contribution in [3.8, 4) is 0 Å². The van der Waals surface area contributed by atoms with Crippen molar-refractivity contribution in [2.75, 3.05) is 5.32 Å². The second-order valence-electron chi connectivity index (χ2n) is 5.61. The third kappa shape index (κ3) is 5.00. The van der Waals surface area contributed by atoms with Crippen LogP contribution in [0.3, 0.4) is 0 Å². The second-order valence-corrected chi connectivity index (χ2v) is 7.70. The number of rotatable bonds is 4. The first-order chi connectivity index (χ1) is 11.3. The van der Waals surface area contributed by atoms with Crippen LogP contribution in [0.4, 0.5) is 5.69 Å². The molecule has 1 aliphatic carbocycles. The summed E-state index contributed by atoms with van der Waals surface area (Å²) in [6.45, 7) is 1.12. The fourth-order valence-corrected chi connectivity index (χ4v) is 3.74. The highest BCUT2D eigenvalue weighted by atomic mass is 32.2. The molecule has 24 heavy (non-hydrogen) atoms. The van der Waals surface area contributed by atoms with Gasteiger partial charge in [0.25, 0.3) is 10.0 Å². The van der Waals surface area contributed by atoms with Crippen molar-refractivity contribution in [2.24, 2.45) is 5.92 Å². The largest absolute Gasteiger partial charge is 0.332 e. The highest BCUT2D eigenvalue weighted by Crippen LogP contribution is 2.24. The molecule has 1 saturated carbocycles. The number of anilines is 1. The van der Waals surface area contributed by atoms with E-state index in [1.165, 1.54) is 24.3 Å². The summed E-state index contributed by atoms with van der Waals surface area (Å²) in [7, 11) is -3.86. The quantitative estimate of drug-likeness (QED) is 0.695. The molecule has 0 spiro atoms. The van der Waals surface area contributed by atoms with Crippen molar-refractivity contribution in [1.29, 1.82) is 0 Å². The summed E-state index contributed by atoms with van der Waals surface area (Å²) in [4.78, 5) is 22.8. The van der Waals surface area contributed by atoms with Crippen LogP contribution >= 0.6 is 12.2 Å². The van der Waals surface area contributed by atoms with E-state index in [2.05, 4.69) is 10.6 Å². The van der Waals surface area contributed by atoms with Gasteiger partial charge in [-0.3, -0.25) is 9.59 Å². The summed E-state index contributed by atoms with van der Waals surface area (Å²) in [5.74, 6) is -0.738. The molecule has 0 unspecified atom stereocenters. The number of carbonyl (C=O) groups excluding carboxylic acids is 2. The predicted octanol–water partition coefficient (Wildman–Crippen LogP) is 1.51. The van der Waals surface area contributed by atoms with Crippen LogP contribution in [0.25, 0.3) is 0 Å². The van der Waals surface area contributed by atoms with Crippen LogP contribution in [0.1, 0.15) is 32.6 Å². The molecular weight excluding hydrogens is 350 g/mol. The summed E-state index contributed by atoms with van der Waals surface area (Å²) >= 11 is 5.09. The minimum atomic E-state index is -3.86. The highest BCUT2D eigenvalue weighted by molar-refractivity contribution is 7.90. The van der Waals surface area contributed by atoms with E-state index in [0.717, 1.165) is 32.6 Å². The van der Waals surface area contributed by atoms with Gasteiger partial charge in [-0.15, -0.1) is 0 Å². The number of hydrogen-bond acceptors (Lipinski definition) is 5. The lowest BCUT2D eigenvalue weighted by Gasteiger charge is -2.13. The molecule has 0 radical (unpaired) electrons. The average molecular weight is 369 g/mol. The Morgan fingerprint density at radius 3 is 2.25 bits per heavy atom. The van der Waals surface area contributed by atoms with Gasteiger partial charge >= 0.3 is 0 Å². The summed E-state index contributed by atoms with van der Waals surface area (Å²) in [6, 6.07) is 5.69. The molecule has 0 saturated heterocycles. The number of carbonyl (C=O) groups is 2. The molecule has 0 bridgehead atoms. The van der Waals surface area contributed by atoms with Gasteiger partial charge in [0.05, 0.1) is 4.90 Å². The van der Waals surface area contributed by atoms with Crippen LogP contribution in [0.15, 0.2) is 29.2 Å². The number of amides is 2. The highest BCUT2D eigenvalue weighted by Gasteiger charge is 2.23. The topological polar surface area (TPSA) is 104 Å². The van der Waals surface area contributed by atoms with Crippen LogP contribution in [0.2, 0.25) is 0 Å². The Labute approximate surface area is 146 Å². The number of sulfonamides is 1. The Kier molecular flexibility index (Phi) is 5.89. The zero-order valence-electron chi connectivity index (χ0n) is 13.2. The lowest BCUT2D eigenvalue weighted by Crippen LogP contribution is -2.37. The van der Waals surface area contributed by atoms with Gasteiger partial charge < -0.3 is 10.6 Å². The molecule has 0 heterocycles. The molecule has 1 fully saturated rings. The van der Waals surface area contributed by atoms with E-state index >= 15 is 0 Å². The average Bonchev–Trinajstić information content (AvgIpc) is 3.00. The van der Waals surface area contributed by atoms with Crippen molar-refractivity contribution >= 4 is 44.9 Å². The van der Waals surface area contributed by atoms with E-state index in [-0.39, 0.29) is 21.8 Å². The number of hydrogen-bond donors (Lipinski definition) is 3. The minimum Gasteiger partial charge on any atom is -0.332 e. The van der Waals surface area contributed by atoms with Crippen LogP contribution in [-0.2, 0) is 19.6 Å². The molecule has 2 amide bonds. The van der Waals surface area contributed by atoms with Gasteiger partial charge in [0.2, 0.25) is 11.8 Å². The summed E-state index contributed by atoms with van der Waals surface area (Å²) in [5, 5.41) is 5.65. The van der Waals surface area contributed by atoms with E-state index in [1.54, 1.807) is 0 Å². The molecule has 3 N–H and O–H groups in total. The predicted molar refractivity (Wildman–Crippen MR) is 93.8 cm³/mol. The summed E-state index contributed by atoms with van der Waals surface area (Å²) in [5.41, 5.74) is 0.536. The number of nitrogens with one attached hydrogen (secondary N) is 3. The van der Waals surface area contributed by atoms with Gasteiger partial charge in [-0.1, -0.05) is 12.8 Å². The van der Waals surface area contributed by atoms with Gasteiger partial charge in [0, 0.05) is 18.5 Å². The number of benzene rings is 1. The van der Waals surface area contributed by atoms with Gasteiger partial charge in [-0.2, -0.15) is 0 Å². The summed E-state index contributed by atoms with van der Waals surface area (Å²) < 4.78 is 25.5. The van der Waals surface area contributed by atoms with Crippen LogP contribution < -0.4 is 15.4 Å². The molecule has 9 heteroatoms. The fourth-order valence-electron chi connectivity index (χ4n) is 2.53. The van der Waals surface area contributed by atoms with Crippen LogP contribution in [0.5, 0.6) is 0 Å². The lowest BCUT2D eigenvalue weighted by molar-refractivity contribution is -0.123. The van der Waals surface area contributed by atoms with Gasteiger partial charge in [0.15, 0.2) is 5.11 Å². The van der Waals surface area contributed by atoms with E-state index in [9.17, 15) is 18.0 Å². The summed E-state index contributed by atoms with van der Waals surface area (Å²) in [6.07, 6.45) is 3.87. The SMILES string of the molecule is CC(=O)NS(=O)(=O)c1ccc(NC(=S)NC(=O)C2CCCC2)cc1. The maximum Gasteiger partial charge on any atom is 0.264 e. The Hall–Kier alpha value is -2.00. The van der Waals surface area contributed by atoms with E-state index in [4.69, 9.17) is 12.2 Å². The first-order valence-corrected chi connectivity index (χ1v) is 9.42. The molecule has 2 rings (SSSR count). The Balaban J connectivity index is 1.94. The first-order valence-electron chi connectivity index (χ1n) is 7.53. The fraction of sp³-hybridized carbons (Fsp3) is 0.400. The molecule has 130 valence electrons. The molecule has 0 aromatic heterocycles. The normalized spacial score (nSPS) is 14.9. The molecule has 1 aromatic carbocycles. The van der Waals surface area contributed by atoms with Crippen LogP contribution in [0, 0.1) is 5.92 Å². The van der Waals surface area contributed by atoms with E-state index in [0.29, 0.717) is 5.69 Å². The molecule has 0 aliphatic heterocycles. The van der Waals surface area contributed by atoms with Crippen molar-refractivity contribution in [2.45, 2.75) is 37.5 Å². The third-order valence-electron chi connectivity index (χ3n) is 3.66. The van der Waals surface area contributed by atoms with Crippen molar-refractivity contribution in [1.82, 2.24) is 10.0 Å². The minimum absolute atomic E-state index is 0.00919. The van der Waals surface area contributed by atoms with Crippen molar-refractivity contribution in [3.63, 3.8) is 0 Å². The maximum atomic E-state index is 12.0. The van der Waals surface area contributed by atoms with Crippen LogP contribution in [-0.4, -0.2) is 25.3 Å². The monoisotopic (exact) mass is 369 g/mol. The van der Waals surface area contributed by atoms with Gasteiger partial charge in [-0.25, -0.2) is 13.1 Å².